The lowest BCUT2D eigenvalue weighted by molar-refractivity contribution is -0.140. The Morgan fingerprint density at radius 1 is 1.44 bits per heavy atom. The highest BCUT2D eigenvalue weighted by atomic mass is 16.5. The first kappa shape index (κ1) is 21.1. The number of hydrogen-bond donors (Lipinski definition) is 1. The van der Waals surface area contributed by atoms with Gasteiger partial charge >= 0.3 is 0 Å². The number of rotatable bonds is 5. The lowest BCUT2D eigenvalue weighted by Crippen LogP contribution is -2.54. The van der Waals surface area contributed by atoms with Gasteiger partial charge < -0.3 is 24.4 Å². The molecule has 1 aliphatic heterocycles. The Balaban J connectivity index is 0.000000817. The summed E-state index contributed by atoms with van der Waals surface area (Å²) in [6.07, 6.45) is 5.35. The molecule has 3 atom stereocenters. The van der Waals surface area contributed by atoms with Crippen molar-refractivity contribution < 1.29 is 24.2 Å². The van der Waals surface area contributed by atoms with Crippen molar-refractivity contribution >= 4 is 12.4 Å². The van der Waals surface area contributed by atoms with Crippen LogP contribution in [0.2, 0.25) is 0 Å². The van der Waals surface area contributed by atoms with Gasteiger partial charge in [-0.2, -0.15) is 0 Å². The Morgan fingerprint density at radius 2 is 2.19 bits per heavy atom. The van der Waals surface area contributed by atoms with E-state index < -0.39 is 0 Å². The number of carbonyl (C=O) groups excluding carboxylic acids is 1. The minimum absolute atomic E-state index is 0.0703. The maximum Gasteiger partial charge on any atom is 0.290 e. The van der Waals surface area contributed by atoms with Crippen LogP contribution in [-0.4, -0.2) is 84.3 Å². The van der Waals surface area contributed by atoms with Crippen LogP contribution in [0.5, 0.6) is 5.88 Å². The average molecular weight is 379 g/mol. The second-order valence-corrected chi connectivity index (χ2v) is 7.15. The molecule has 1 aromatic rings. The van der Waals surface area contributed by atoms with E-state index in [1.54, 1.807) is 13.3 Å². The first-order valence-corrected chi connectivity index (χ1v) is 9.10. The first-order valence-electron chi connectivity index (χ1n) is 9.10. The van der Waals surface area contributed by atoms with Crippen LogP contribution in [0, 0.1) is 0 Å². The van der Waals surface area contributed by atoms with Gasteiger partial charge in [-0.05, 0) is 39.4 Å². The maximum absolute atomic E-state index is 12.6. The largest absolute Gasteiger partial charge is 0.483 e. The number of likely N-dealkylation sites (tertiary alicyclic amines) is 1. The van der Waals surface area contributed by atoms with Gasteiger partial charge in [0.2, 0.25) is 11.8 Å². The molecule has 150 valence electrons. The van der Waals surface area contributed by atoms with Crippen LogP contribution in [0.3, 0.4) is 0 Å². The van der Waals surface area contributed by atoms with Gasteiger partial charge in [-0.15, -0.1) is 0 Å². The monoisotopic (exact) mass is 379 g/mol. The van der Waals surface area contributed by atoms with E-state index in [0.717, 1.165) is 32.2 Å². The zero-order valence-electron chi connectivity index (χ0n) is 16.2. The second-order valence-electron chi connectivity index (χ2n) is 7.15. The summed E-state index contributed by atoms with van der Waals surface area (Å²) in [5, 5.41) is 6.89. The molecule has 0 bridgehead atoms. The van der Waals surface area contributed by atoms with E-state index in [1.165, 1.54) is 0 Å². The molecule has 1 N–H and O–H groups in total. The zero-order chi connectivity index (χ0) is 19.9. The molecule has 1 saturated carbocycles. The van der Waals surface area contributed by atoms with Crippen LogP contribution in [0.25, 0.3) is 0 Å². The first-order chi connectivity index (χ1) is 13.0. The van der Waals surface area contributed by atoms with Crippen molar-refractivity contribution in [3.05, 3.63) is 24.4 Å². The van der Waals surface area contributed by atoms with E-state index in [2.05, 4.69) is 4.98 Å². The minimum Gasteiger partial charge on any atom is -0.483 e. The number of ether oxygens (including phenoxy) is 2. The van der Waals surface area contributed by atoms with Gasteiger partial charge in [0.25, 0.3) is 6.47 Å². The maximum atomic E-state index is 12.6. The van der Waals surface area contributed by atoms with Crippen LogP contribution in [-0.2, 0) is 14.3 Å². The number of methoxy groups -OCH3 is 1. The highest BCUT2D eigenvalue weighted by molar-refractivity contribution is 5.79. The van der Waals surface area contributed by atoms with E-state index in [9.17, 15) is 4.79 Å². The van der Waals surface area contributed by atoms with E-state index >= 15 is 0 Å². The van der Waals surface area contributed by atoms with Crippen LogP contribution in [0.15, 0.2) is 24.4 Å². The van der Waals surface area contributed by atoms with Crippen LogP contribution < -0.4 is 4.74 Å². The number of amides is 1. The van der Waals surface area contributed by atoms with Gasteiger partial charge in [0.05, 0.1) is 18.2 Å². The van der Waals surface area contributed by atoms with E-state index in [-0.39, 0.29) is 30.1 Å². The van der Waals surface area contributed by atoms with Gasteiger partial charge in [0.15, 0.2) is 0 Å². The van der Waals surface area contributed by atoms with Crippen molar-refractivity contribution in [2.45, 2.75) is 43.4 Å². The highest BCUT2D eigenvalue weighted by Gasteiger charge is 2.52. The van der Waals surface area contributed by atoms with Crippen molar-refractivity contribution in [2.24, 2.45) is 0 Å². The standard InChI is InChI=1S/C18H27N3O3.CH2O2/c1-20(2)13-17(22)21-11-9-18(23-3)8-7-14(12-15(18)21)24-16-6-4-5-10-19-16;2-1-3/h4-6,10,14-15H,7-9,11-13H2,1-3H3;1H,(H,2,3)/t14-,15+,18-;/m1./s1. The molecule has 0 unspecified atom stereocenters. The topological polar surface area (TPSA) is 92.2 Å². The molecule has 1 saturated heterocycles. The molecular formula is C19H29N3O5. The number of carbonyl (C=O) groups is 2. The summed E-state index contributed by atoms with van der Waals surface area (Å²) in [4.78, 5) is 29.1. The Morgan fingerprint density at radius 3 is 2.78 bits per heavy atom. The number of nitrogens with zero attached hydrogens (tertiary/aromatic N) is 3. The molecule has 0 radical (unpaired) electrons. The molecule has 1 amide bonds. The predicted octanol–water partition coefficient (Wildman–Crippen LogP) is 1.26. The van der Waals surface area contributed by atoms with Gasteiger partial charge in [-0.25, -0.2) is 4.98 Å². The Bertz CT molecular complexity index is 613. The Labute approximate surface area is 160 Å². The molecular weight excluding hydrogens is 350 g/mol. The van der Waals surface area contributed by atoms with Crippen molar-refractivity contribution in [3.8, 4) is 5.88 Å². The van der Waals surface area contributed by atoms with Crippen molar-refractivity contribution in [1.82, 2.24) is 14.8 Å². The fourth-order valence-electron chi connectivity index (χ4n) is 4.02. The van der Waals surface area contributed by atoms with Gasteiger partial charge in [-0.1, -0.05) is 6.07 Å². The molecule has 0 spiro atoms. The van der Waals surface area contributed by atoms with E-state index in [0.29, 0.717) is 12.4 Å². The number of pyridine rings is 1. The normalized spacial score (nSPS) is 26.7. The molecule has 2 fully saturated rings. The predicted molar refractivity (Wildman–Crippen MR) is 99.6 cm³/mol. The number of carboxylic acid groups (broad SMARTS) is 1. The number of fused-ring (bicyclic) bond motifs is 1. The summed E-state index contributed by atoms with van der Waals surface area (Å²) in [5.41, 5.74) is -0.216. The number of aromatic nitrogens is 1. The lowest BCUT2D eigenvalue weighted by atomic mass is 9.79. The molecule has 1 aliphatic carbocycles. The van der Waals surface area contributed by atoms with E-state index in [1.807, 2.05) is 42.1 Å². The second kappa shape index (κ2) is 9.66. The van der Waals surface area contributed by atoms with Crippen molar-refractivity contribution in [2.75, 3.05) is 34.3 Å². The fraction of sp³-hybridized carbons (Fsp3) is 0.632. The smallest absolute Gasteiger partial charge is 0.290 e. The summed E-state index contributed by atoms with van der Waals surface area (Å²) in [7, 11) is 5.61. The third kappa shape index (κ3) is 5.17. The molecule has 3 rings (SSSR count). The minimum atomic E-state index is -0.250. The van der Waals surface area contributed by atoms with Crippen molar-refractivity contribution in [3.63, 3.8) is 0 Å². The molecule has 8 heteroatoms. The van der Waals surface area contributed by atoms with Crippen LogP contribution in [0.1, 0.15) is 25.7 Å². The lowest BCUT2D eigenvalue weighted by Gasteiger charge is -2.43. The van der Waals surface area contributed by atoms with Gasteiger partial charge in [-0.3, -0.25) is 9.59 Å². The average Bonchev–Trinajstić information content (AvgIpc) is 3.02. The summed E-state index contributed by atoms with van der Waals surface area (Å²) >= 11 is 0. The van der Waals surface area contributed by atoms with Crippen molar-refractivity contribution in [1.29, 1.82) is 0 Å². The number of likely N-dealkylation sites (N-methyl/N-ethyl adjacent to an activating group) is 1. The third-order valence-electron chi connectivity index (χ3n) is 5.24. The van der Waals surface area contributed by atoms with Gasteiger partial charge in [0, 0.05) is 32.3 Å². The molecule has 1 aromatic heterocycles. The molecule has 0 aromatic carbocycles. The summed E-state index contributed by atoms with van der Waals surface area (Å²) in [6.45, 7) is 0.948. The fourth-order valence-corrected chi connectivity index (χ4v) is 4.02. The SMILES string of the molecule is CO[C@@]12CC[C@@H](Oc3ccccn3)C[C@@H]1N(C(=O)CN(C)C)CC2.O=CO. The van der Waals surface area contributed by atoms with Crippen LogP contribution in [0.4, 0.5) is 0 Å². The molecule has 2 heterocycles. The third-order valence-corrected chi connectivity index (χ3v) is 5.24. The summed E-state index contributed by atoms with van der Waals surface area (Å²) in [6, 6.07) is 5.76. The quantitative estimate of drug-likeness (QED) is 0.770. The van der Waals surface area contributed by atoms with Gasteiger partial charge in [0.1, 0.15) is 6.10 Å². The highest BCUT2D eigenvalue weighted by Crippen LogP contribution is 2.43. The Hall–Kier alpha value is -2.19. The molecule has 2 aliphatic rings. The summed E-state index contributed by atoms with van der Waals surface area (Å²) in [5.74, 6) is 0.819. The molecule has 8 nitrogen and oxygen atoms in total. The number of hydrogen-bond acceptors (Lipinski definition) is 6. The van der Waals surface area contributed by atoms with Crippen LogP contribution >= 0.6 is 0 Å². The summed E-state index contributed by atoms with van der Waals surface area (Å²) < 4.78 is 12.0. The Kier molecular flexibility index (Phi) is 7.55. The zero-order valence-corrected chi connectivity index (χ0v) is 16.2. The molecule has 27 heavy (non-hydrogen) atoms. The van der Waals surface area contributed by atoms with E-state index in [4.69, 9.17) is 19.4 Å².